The number of aliphatic imine (C=N–C) groups is 1. The van der Waals surface area contributed by atoms with E-state index in [0.29, 0.717) is 4.59 Å². The maximum absolute atomic E-state index is 5.81. The third kappa shape index (κ3) is 3.21. The quantitative estimate of drug-likeness (QED) is 0.548. The SMILES string of the molecule is CCCCC(N)/N=N/[N+]1(C)C=CN=C1C. The molecule has 2 unspecified atom stereocenters. The summed E-state index contributed by atoms with van der Waals surface area (Å²) in [5.74, 6) is 0.904. The van der Waals surface area contributed by atoms with Gasteiger partial charge >= 0.3 is 0 Å². The van der Waals surface area contributed by atoms with E-state index < -0.39 is 0 Å². The number of unbranched alkanes of at least 4 members (excludes halogenated alkanes) is 1. The van der Waals surface area contributed by atoms with Gasteiger partial charge in [0.2, 0.25) is 5.84 Å². The first-order valence-electron chi connectivity index (χ1n) is 5.35. The second kappa shape index (κ2) is 5.14. The van der Waals surface area contributed by atoms with Crippen LogP contribution in [0, 0.1) is 0 Å². The van der Waals surface area contributed by atoms with Crippen molar-refractivity contribution in [1.29, 1.82) is 0 Å². The summed E-state index contributed by atoms with van der Waals surface area (Å²) in [6, 6.07) is 0. The van der Waals surface area contributed by atoms with E-state index in [4.69, 9.17) is 5.73 Å². The van der Waals surface area contributed by atoms with Crippen molar-refractivity contribution in [3.8, 4) is 0 Å². The molecule has 0 aliphatic carbocycles. The maximum Gasteiger partial charge on any atom is 0.232 e. The van der Waals surface area contributed by atoms with E-state index in [1.165, 1.54) is 0 Å². The summed E-state index contributed by atoms with van der Waals surface area (Å²) < 4.78 is 0.291. The van der Waals surface area contributed by atoms with Gasteiger partial charge in [-0.25, -0.2) is 4.99 Å². The number of amidine groups is 1. The Bertz CT molecular complexity index is 294. The van der Waals surface area contributed by atoms with Crippen LogP contribution in [0.1, 0.15) is 33.1 Å². The van der Waals surface area contributed by atoms with E-state index in [1.54, 1.807) is 6.20 Å². The van der Waals surface area contributed by atoms with Crippen LogP contribution in [0.5, 0.6) is 0 Å². The number of nitrogens with two attached hydrogens (primary N) is 1. The fourth-order valence-electron chi connectivity index (χ4n) is 1.23. The Hall–Kier alpha value is -1.07. The standard InChI is InChI=1S/C10H20N5/c1-4-5-6-10(11)13-14-15(3)8-7-12-9(15)2/h7-8,10H,4-6,11H2,1-3H3/q+1/b14-13+. The molecule has 15 heavy (non-hydrogen) atoms. The molecule has 1 rings (SSSR count). The number of hydrogen-bond donors (Lipinski definition) is 1. The first-order valence-corrected chi connectivity index (χ1v) is 5.35. The summed E-state index contributed by atoms with van der Waals surface area (Å²) in [7, 11) is 1.93. The lowest BCUT2D eigenvalue weighted by atomic mass is 10.2. The molecule has 5 nitrogen and oxygen atoms in total. The fourth-order valence-corrected chi connectivity index (χ4v) is 1.23. The lowest BCUT2D eigenvalue weighted by Crippen LogP contribution is -2.35. The molecule has 0 amide bonds. The highest BCUT2D eigenvalue weighted by Crippen LogP contribution is 2.15. The van der Waals surface area contributed by atoms with Crippen molar-refractivity contribution in [2.75, 3.05) is 7.05 Å². The molecule has 2 N–H and O–H groups in total. The first-order chi connectivity index (χ1) is 7.08. The highest BCUT2D eigenvalue weighted by Gasteiger charge is 2.27. The van der Waals surface area contributed by atoms with Crippen molar-refractivity contribution in [2.24, 2.45) is 21.1 Å². The van der Waals surface area contributed by atoms with Gasteiger partial charge in [-0.3, -0.25) is 0 Å². The molecule has 1 aliphatic heterocycles. The molecule has 1 heterocycles. The summed E-state index contributed by atoms with van der Waals surface area (Å²) in [6.07, 6.45) is 6.54. The van der Waals surface area contributed by atoms with Crippen molar-refractivity contribution in [1.82, 2.24) is 0 Å². The van der Waals surface area contributed by atoms with Crippen LogP contribution < -0.4 is 5.73 Å². The molecule has 0 aromatic carbocycles. The number of nitrogens with zero attached hydrogens (tertiary/aromatic N) is 4. The van der Waals surface area contributed by atoms with Crippen LogP contribution in [0.2, 0.25) is 0 Å². The van der Waals surface area contributed by atoms with Gasteiger partial charge in [0.15, 0.2) is 0 Å². The minimum atomic E-state index is -0.193. The average molecular weight is 210 g/mol. The minimum absolute atomic E-state index is 0.193. The summed E-state index contributed by atoms with van der Waals surface area (Å²) in [4.78, 5) is 4.14. The van der Waals surface area contributed by atoms with E-state index in [9.17, 15) is 0 Å². The van der Waals surface area contributed by atoms with Gasteiger partial charge in [-0.05, 0) is 6.42 Å². The second-order valence-electron chi connectivity index (χ2n) is 3.92. The summed E-state index contributed by atoms with van der Waals surface area (Å²) in [6.45, 7) is 4.06. The Morgan fingerprint density at radius 3 is 2.87 bits per heavy atom. The van der Waals surface area contributed by atoms with Crippen molar-refractivity contribution in [3.63, 3.8) is 0 Å². The molecule has 84 valence electrons. The molecule has 0 aromatic heterocycles. The first kappa shape index (κ1) is 12.0. The van der Waals surface area contributed by atoms with Crippen molar-refractivity contribution in [2.45, 2.75) is 39.3 Å². The van der Waals surface area contributed by atoms with Gasteiger partial charge in [0.05, 0.1) is 6.20 Å². The highest BCUT2D eigenvalue weighted by atomic mass is 15.7. The normalized spacial score (nSPS) is 27.3. The van der Waals surface area contributed by atoms with Crippen molar-refractivity contribution in [3.05, 3.63) is 12.4 Å². The van der Waals surface area contributed by atoms with Crippen molar-refractivity contribution < 1.29 is 4.59 Å². The predicted molar refractivity (Wildman–Crippen MR) is 60.8 cm³/mol. The van der Waals surface area contributed by atoms with E-state index in [0.717, 1.165) is 25.1 Å². The van der Waals surface area contributed by atoms with Crippen LogP contribution >= 0.6 is 0 Å². The second-order valence-corrected chi connectivity index (χ2v) is 3.92. The molecule has 0 radical (unpaired) electrons. The van der Waals surface area contributed by atoms with Gasteiger partial charge < -0.3 is 5.73 Å². The van der Waals surface area contributed by atoms with Crippen LogP contribution in [-0.4, -0.2) is 23.6 Å². The number of hydrogen-bond acceptors (Lipinski definition) is 4. The lowest BCUT2D eigenvalue weighted by molar-refractivity contribution is -0.777. The van der Waals surface area contributed by atoms with Crippen LogP contribution in [-0.2, 0) is 0 Å². The summed E-state index contributed by atoms with van der Waals surface area (Å²) >= 11 is 0. The highest BCUT2D eigenvalue weighted by molar-refractivity contribution is 5.74. The molecule has 0 saturated heterocycles. The molecule has 0 spiro atoms. The molecule has 0 aromatic rings. The predicted octanol–water partition coefficient (Wildman–Crippen LogP) is 2.18. The zero-order valence-corrected chi connectivity index (χ0v) is 9.72. The molecule has 2 atom stereocenters. The third-order valence-electron chi connectivity index (χ3n) is 2.51. The summed E-state index contributed by atoms with van der Waals surface area (Å²) in [5, 5.41) is 8.32. The van der Waals surface area contributed by atoms with E-state index in [2.05, 4.69) is 22.3 Å². The largest absolute Gasteiger partial charge is 0.308 e. The monoisotopic (exact) mass is 210 g/mol. The molecule has 1 aliphatic rings. The van der Waals surface area contributed by atoms with E-state index in [-0.39, 0.29) is 6.17 Å². The Labute approximate surface area is 91.0 Å². The van der Waals surface area contributed by atoms with Gasteiger partial charge in [0.25, 0.3) is 0 Å². The zero-order chi connectivity index (χ0) is 11.3. The van der Waals surface area contributed by atoms with E-state index in [1.807, 2.05) is 20.2 Å². The summed E-state index contributed by atoms with van der Waals surface area (Å²) in [5.41, 5.74) is 5.81. The van der Waals surface area contributed by atoms with Crippen molar-refractivity contribution >= 4 is 5.84 Å². The van der Waals surface area contributed by atoms with Crippen LogP contribution in [0.4, 0.5) is 0 Å². The molecular weight excluding hydrogens is 190 g/mol. The minimum Gasteiger partial charge on any atom is -0.308 e. The van der Waals surface area contributed by atoms with Gasteiger partial charge in [-0.1, -0.05) is 19.8 Å². The fraction of sp³-hybridized carbons (Fsp3) is 0.700. The van der Waals surface area contributed by atoms with Crippen LogP contribution in [0.15, 0.2) is 27.7 Å². The smallest absolute Gasteiger partial charge is 0.232 e. The van der Waals surface area contributed by atoms with Gasteiger partial charge in [-0.2, -0.15) is 0 Å². The van der Waals surface area contributed by atoms with Crippen LogP contribution in [0.25, 0.3) is 0 Å². The lowest BCUT2D eigenvalue weighted by Gasteiger charge is -2.16. The molecule has 5 heteroatoms. The number of quaternary nitrogens is 1. The Kier molecular flexibility index (Phi) is 4.11. The Balaban J connectivity index is 2.50. The average Bonchev–Trinajstić information content (AvgIpc) is 2.54. The molecule has 0 fully saturated rings. The van der Waals surface area contributed by atoms with Gasteiger partial charge in [0.1, 0.15) is 19.4 Å². The molecular formula is C10H20N5+. The maximum atomic E-state index is 5.81. The van der Waals surface area contributed by atoms with E-state index >= 15 is 0 Å². The zero-order valence-electron chi connectivity index (χ0n) is 9.72. The van der Waals surface area contributed by atoms with Crippen LogP contribution in [0.3, 0.4) is 0 Å². The Morgan fingerprint density at radius 2 is 2.33 bits per heavy atom. The van der Waals surface area contributed by atoms with Gasteiger partial charge in [-0.15, -0.1) is 9.71 Å². The third-order valence-corrected chi connectivity index (χ3v) is 2.51. The number of rotatable bonds is 5. The van der Waals surface area contributed by atoms with Gasteiger partial charge in [0, 0.05) is 12.1 Å². The topological polar surface area (TPSA) is 63.1 Å². The Morgan fingerprint density at radius 1 is 1.60 bits per heavy atom. The molecule has 0 saturated carbocycles. The molecule has 0 bridgehead atoms.